The zero-order valence-corrected chi connectivity index (χ0v) is 11.9. The molecule has 5 heteroatoms. The number of nitrogens with one attached hydrogen (secondary N) is 2. The predicted molar refractivity (Wildman–Crippen MR) is 79.2 cm³/mol. The number of nitrogens with two attached hydrogens (primary N) is 1. The van der Waals surface area contributed by atoms with E-state index < -0.39 is 6.10 Å². The van der Waals surface area contributed by atoms with Crippen LogP contribution in [0.2, 0.25) is 0 Å². The quantitative estimate of drug-likeness (QED) is 0.632. The first-order valence-electron chi connectivity index (χ1n) is 7.12. The van der Waals surface area contributed by atoms with Crippen molar-refractivity contribution in [2.45, 2.75) is 44.2 Å². The molecule has 0 aliphatic heterocycles. The first kappa shape index (κ1) is 14.7. The van der Waals surface area contributed by atoms with Crippen molar-refractivity contribution in [3.05, 3.63) is 29.8 Å². The molecule has 2 rings (SSSR count). The summed E-state index contributed by atoms with van der Waals surface area (Å²) in [7, 11) is 0. The molecule has 1 atom stereocenters. The lowest BCUT2D eigenvalue weighted by Gasteiger charge is -2.31. The Hall–Kier alpha value is -1.75. The highest BCUT2D eigenvalue weighted by Crippen LogP contribution is 2.38. The maximum Gasteiger partial charge on any atom is 0.315 e. The lowest BCUT2D eigenvalue weighted by atomic mass is 9.88. The second kappa shape index (κ2) is 6.13. The monoisotopic (exact) mass is 277 g/mol. The van der Waals surface area contributed by atoms with Gasteiger partial charge in [0.1, 0.15) is 0 Å². The van der Waals surface area contributed by atoms with Crippen molar-refractivity contribution in [2.24, 2.45) is 0 Å². The Balaban J connectivity index is 2.10. The van der Waals surface area contributed by atoms with E-state index in [4.69, 9.17) is 5.73 Å². The van der Waals surface area contributed by atoms with Crippen LogP contribution in [0.3, 0.4) is 0 Å². The van der Waals surface area contributed by atoms with Gasteiger partial charge in [-0.2, -0.15) is 0 Å². The third-order valence-corrected chi connectivity index (χ3v) is 3.83. The Morgan fingerprint density at radius 2 is 1.95 bits per heavy atom. The number of carbonyl (C=O) groups is 1. The highest BCUT2D eigenvalue weighted by molar-refractivity contribution is 5.75. The molecule has 110 valence electrons. The Labute approximate surface area is 119 Å². The van der Waals surface area contributed by atoms with Gasteiger partial charge in [0.25, 0.3) is 0 Å². The Kier molecular flexibility index (Phi) is 4.49. The summed E-state index contributed by atoms with van der Waals surface area (Å²) >= 11 is 0. The third-order valence-electron chi connectivity index (χ3n) is 3.83. The van der Waals surface area contributed by atoms with Gasteiger partial charge in [-0.1, -0.05) is 25.0 Å². The number of aliphatic hydroxyl groups is 1. The molecule has 0 bridgehead atoms. The van der Waals surface area contributed by atoms with Gasteiger partial charge in [0.05, 0.1) is 11.6 Å². The molecule has 1 unspecified atom stereocenters. The average molecular weight is 277 g/mol. The Morgan fingerprint density at radius 1 is 1.35 bits per heavy atom. The SMILES string of the molecule is CC(O)CNC(=O)NC1(c2ccc(N)cc2)CCCC1. The molecule has 0 saturated heterocycles. The number of nitrogen functional groups attached to an aromatic ring is 1. The number of rotatable bonds is 4. The molecule has 0 aromatic heterocycles. The lowest BCUT2D eigenvalue weighted by Crippen LogP contribution is -2.49. The minimum Gasteiger partial charge on any atom is -0.399 e. The lowest BCUT2D eigenvalue weighted by molar-refractivity contribution is 0.183. The van der Waals surface area contributed by atoms with Crippen molar-refractivity contribution in [2.75, 3.05) is 12.3 Å². The van der Waals surface area contributed by atoms with Crippen LogP contribution in [0.25, 0.3) is 0 Å². The smallest absolute Gasteiger partial charge is 0.315 e. The number of hydrogen-bond acceptors (Lipinski definition) is 3. The molecular weight excluding hydrogens is 254 g/mol. The summed E-state index contributed by atoms with van der Waals surface area (Å²) in [5, 5.41) is 15.0. The van der Waals surface area contributed by atoms with E-state index in [0.29, 0.717) is 0 Å². The molecule has 20 heavy (non-hydrogen) atoms. The molecule has 5 nitrogen and oxygen atoms in total. The molecule has 1 aliphatic carbocycles. The van der Waals surface area contributed by atoms with Gasteiger partial charge in [0.2, 0.25) is 0 Å². The molecule has 0 radical (unpaired) electrons. The molecule has 0 heterocycles. The van der Waals surface area contributed by atoms with E-state index in [9.17, 15) is 9.90 Å². The summed E-state index contributed by atoms with van der Waals surface area (Å²) in [6, 6.07) is 7.46. The van der Waals surface area contributed by atoms with Crippen molar-refractivity contribution >= 4 is 11.7 Å². The highest BCUT2D eigenvalue weighted by Gasteiger charge is 2.36. The topological polar surface area (TPSA) is 87.4 Å². The normalized spacial score (nSPS) is 18.5. The van der Waals surface area contributed by atoms with Gasteiger partial charge < -0.3 is 21.5 Å². The van der Waals surface area contributed by atoms with Gasteiger partial charge in [-0.05, 0) is 37.5 Å². The molecule has 1 saturated carbocycles. The minimum absolute atomic E-state index is 0.232. The fourth-order valence-electron chi connectivity index (χ4n) is 2.77. The van der Waals surface area contributed by atoms with Crippen LogP contribution >= 0.6 is 0 Å². The third kappa shape index (κ3) is 3.42. The van der Waals surface area contributed by atoms with Crippen molar-refractivity contribution in [1.29, 1.82) is 0 Å². The zero-order valence-electron chi connectivity index (χ0n) is 11.9. The van der Waals surface area contributed by atoms with Crippen LogP contribution in [0.15, 0.2) is 24.3 Å². The van der Waals surface area contributed by atoms with E-state index in [1.807, 2.05) is 24.3 Å². The fraction of sp³-hybridized carbons (Fsp3) is 0.533. The van der Waals surface area contributed by atoms with Crippen molar-refractivity contribution in [1.82, 2.24) is 10.6 Å². The van der Waals surface area contributed by atoms with Crippen LogP contribution in [-0.2, 0) is 5.54 Å². The first-order valence-corrected chi connectivity index (χ1v) is 7.12. The van der Waals surface area contributed by atoms with Gasteiger partial charge in [0, 0.05) is 12.2 Å². The van der Waals surface area contributed by atoms with E-state index in [2.05, 4.69) is 10.6 Å². The van der Waals surface area contributed by atoms with E-state index in [0.717, 1.165) is 36.9 Å². The predicted octanol–water partition coefficient (Wildman–Crippen LogP) is 1.72. The van der Waals surface area contributed by atoms with Gasteiger partial charge in [0.15, 0.2) is 0 Å². The zero-order chi connectivity index (χ0) is 14.6. The summed E-state index contributed by atoms with van der Waals surface area (Å²) in [4.78, 5) is 12.0. The van der Waals surface area contributed by atoms with Crippen LogP contribution in [0.1, 0.15) is 38.2 Å². The van der Waals surface area contributed by atoms with Crippen LogP contribution in [0, 0.1) is 0 Å². The van der Waals surface area contributed by atoms with E-state index in [-0.39, 0.29) is 18.1 Å². The molecule has 1 fully saturated rings. The molecular formula is C15H23N3O2. The number of hydrogen-bond donors (Lipinski definition) is 4. The highest BCUT2D eigenvalue weighted by atomic mass is 16.3. The average Bonchev–Trinajstić information content (AvgIpc) is 2.87. The number of amides is 2. The Bertz CT molecular complexity index is 451. The van der Waals surface area contributed by atoms with Crippen LogP contribution in [0.4, 0.5) is 10.5 Å². The number of anilines is 1. The molecule has 2 amide bonds. The van der Waals surface area contributed by atoms with Crippen LogP contribution in [-0.4, -0.2) is 23.8 Å². The fourth-order valence-corrected chi connectivity index (χ4v) is 2.77. The largest absolute Gasteiger partial charge is 0.399 e. The summed E-state index contributed by atoms with van der Waals surface area (Å²) < 4.78 is 0. The van der Waals surface area contributed by atoms with Crippen molar-refractivity contribution in [3.8, 4) is 0 Å². The molecule has 5 N–H and O–H groups in total. The van der Waals surface area contributed by atoms with E-state index in [1.54, 1.807) is 6.92 Å². The standard InChI is InChI=1S/C15H23N3O2/c1-11(19)10-17-14(20)18-15(8-2-3-9-15)12-4-6-13(16)7-5-12/h4-7,11,19H,2-3,8-10,16H2,1H3,(H2,17,18,20). The van der Waals surface area contributed by atoms with Crippen LogP contribution in [0.5, 0.6) is 0 Å². The van der Waals surface area contributed by atoms with Crippen LogP contribution < -0.4 is 16.4 Å². The maximum atomic E-state index is 12.0. The van der Waals surface area contributed by atoms with Gasteiger partial charge in [-0.3, -0.25) is 0 Å². The van der Waals surface area contributed by atoms with Crippen molar-refractivity contribution < 1.29 is 9.90 Å². The maximum absolute atomic E-state index is 12.0. The van der Waals surface area contributed by atoms with E-state index >= 15 is 0 Å². The van der Waals surface area contributed by atoms with E-state index in [1.165, 1.54) is 0 Å². The second-order valence-corrected chi connectivity index (χ2v) is 5.60. The number of aliphatic hydroxyl groups excluding tert-OH is 1. The molecule has 1 aromatic carbocycles. The second-order valence-electron chi connectivity index (χ2n) is 5.60. The summed E-state index contributed by atoms with van der Waals surface area (Å²) in [6.07, 6.45) is 3.51. The molecule has 1 aliphatic rings. The number of urea groups is 1. The van der Waals surface area contributed by atoms with Crippen molar-refractivity contribution in [3.63, 3.8) is 0 Å². The van der Waals surface area contributed by atoms with Gasteiger partial charge >= 0.3 is 6.03 Å². The first-order chi connectivity index (χ1) is 9.52. The summed E-state index contributed by atoms with van der Waals surface area (Å²) in [5.41, 5.74) is 7.23. The number of benzene rings is 1. The minimum atomic E-state index is -0.545. The number of carbonyl (C=O) groups excluding carboxylic acids is 1. The molecule has 0 spiro atoms. The molecule has 1 aromatic rings. The summed E-state index contributed by atoms with van der Waals surface area (Å²) in [6.45, 7) is 1.90. The summed E-state index contributed by atoms with van der Waals surface area (Å²) in [5.74, 6) is 0. The Morgan fingerprint density at radius 3 is 2.50 bits per heavy atom. The van der Waals surface area contributed by atoms with Gasteiger partial charge in [-0.15, -0.1) is 0 Å². The van der Waals surface area contributed by atoms with Gasteiger partial charge in [-0.25, -0.2) is 4.79 Å².